The maximum Gasteiger partial charge on any atom is 0.267 e. The first-order valence-electron chi connectivity index (χ1n) is 10.2. The average molecular weight is 463 g/mol. The second kappa shape index (κ2) is 9.50. The predicted molar refractivity (Wildman–Crippen MR) is 135 cm³/mol. The number of amides is 1. The smallest absolute Gasteiger partial charge is 0.267 e. The molecule has 32 heavy (non-hydrogen) atoms. The standard InChI is InChI=1S/C24H22N4O2S2/c1-3-12-25-20-18(22(29)27-13-7-8-16(2)21(27)26-20)15-19-23(30)28(24(31)32-19)14-11-17-9-5-4-6-10-17/h3-10,13,15,25H,1,11-12,14H2,2H3/b19-15-. The number of nitrogens with one attached hydrogen (secondary N) is 1. The molecule has 2 aromatic heterocycles. The molecule has 0 spiro atoms. The van der Waals surface area contributed by atoms with Gasteiger partial charge in [-0.05, 0) is 36.6 Å². The van der Waals surface area contributed by atoms with Crippen LogP contribution in [0.2, 0.25) is 0 Å². The first-order valence-corrected chi connectivity index (χ1v) is 11.4. The summed E-state index contributed by atoms with van der Waals surface area (Å²) in [7, 11) is 0. The summed E-state index contributed by atoms with van der Waals surface area (Å²) < 4.78 is 1.98. The highest BCUT2D eigenvalue weighted by atomic mass is 32.2. The highest BCUT2D eigenvalue weighted by molar-refractivity contribution is 8.26. The minimum Gasteiger partial charge on any atom is -0.366 e. The molecule has 0 unspecified atom stereocenters. The summed E-state index contributed by atoms with van der Waals surface area (Å²) in [5.41, 5.74) is 2.65. The number of carbonyl (C=O) groups is 1. The third-order valence-electron chi connectivity index (χ3n) is 5.11. The van der Waals surface area contributed by atoms with E-state index in [1.54, 1.807) is 29.3 Å². The molecule has 6 nitrogen and oxygen atoms in total. The normalized spacial score (nSPS) is 15.0. The fourth-order valence-electron chi connectivity index (χ4n) is 3.45. The largest absolute Gasteiger partial charge is 0.366 e. The van der Waals surface area contributed by atoms with E-state index >= 15 is 0 Å². The topological polar surface area (TPSA) is 66.7 Å². The van der Waals surface area contributed by atoms with Gasteiger partial charge in [-0.15, -0.1) is 6.58 Å². The second-order valence-corrected chi connectivity index (χ2v) is 8.98. The lowest BCUT2D eigenvalue weighted by atomic mass is 10.1. The number of pyridine rings is 1. The van der Waals surface area contributed by atoms with E-state index in [4.69, 9.17) is 12.2 Å². The van der Waals surface area contributed by atoms with Gasteiger partial charge < -0.3 is 5.32 Å². The SMILES string of the molecule is C=CCNc1nc2c(C)cccn2c(=O)c1/C=C1\SC(=S)N(CCc2ccccc2)C1=O. The van der Waals surface area contributed by atoms with Crippen LogP contribution in [0.5, 0.6) is 0 Å². The quantitative estimate of drug-likeness (QED) is 0.325. The molecule has 1 aromatic carbocycles. The van der Waals surface area contributed by atoms with Crippen LogP contribution < -0.4 is 10.9 Å². The Morgan fingerprint density at radius 2 is 1.97 bits per heavy atom. The number of benzene rings is 1. The minimum absolute atomic E-state index is 0.195. The van der Waals surface area contributed by atoms with E-state index < -0.39 is 0 Å². The van der Waals surface area contributed by atoms with Crippen LogP contribution in [0.1, 0.15) is 16.7 Å². The van der Waals surface area contributed by atoms with E-state index in [0.29, 0.717) is 45.8 Å². The van der Waals surface area contributed by atoms with E-state index in [1.807, 2.05) is 43.3 Å². The Bertz CT molecular complexity index is 1300. The molecule has 1 amide bonds. The summed E-state index contributed by atoms with van der Waals surface area (Å²) in [6.45, 7) is 6.54. The average Bonchev–Trinajstić information content (AvgIpc) is 3.06. The number of rotatable bonds is 7. The van der Waals surface area contributed by atoms with E-state index in [-0.39, 0.29) is 11.5 Å². The summed E-state index contributed by atoms with van der Waals surface area (Å²) in [6, 6.07) is 13.6. The lowest BCUT2D eigenvalue weighted by molar-refractivity contribution is -0.122. The monoisotopic (exact) mass is 462 g/mol. The fraction of sp³-hybridized carbons (Fsp3) is 0.167. The van der Waals surface area contributed by atoms with Crippen molar-refractivity contribution >= 4 is 51.7 Å². The number of fused-ring (bicyclic) bond motifs is 1. The Hall–Kier alpha value is -3.23. The lowest BCUT2D eigenvalue weighted by Crippen LogP contribution is -2.30. The van der Waals surface area contributed by atoms with Gasteiger partial charge in [-0.3, -0.25) is 18.9 Å². The zero-order valence-electron chi connectivity index (χ0n) is 17.6. The number of aryl methyl sites for hydroxylation is 1. The first kappa shape index (κ1) is 22.0. The molecule has 0 bridgehead atoms. The maximum atomic E-state index is 13.3. The van der Waals surface area contributed by atoms with Gasteiger partial charge in [-0.1, -0.05) is 66.5 Å². The minimum atomic E-state index is -0.250. The number of thioether (sulfide) groups is 1. The van der Waals surface area contributed by atoms with Gasteiger partial charge >= 0.3 is 0 Å². The van der Waals surface area contributed by atoms with Crippen molar-refractivity contribution in [3.63, 3.8) is 0 Å². The fourth-order valence-corrected chi connectivity index (χ4v) is 4.75. The van der Waals surface area contributed by atoms with Crippen LogP contribution in [0.3, 0.4) is 0 Å². The van der Waals surface area contributed by atoms with Crippen LogP contribution in [-0.4, -0.2) is 37.6 Å². The van der Waals surface area contributed by atoms with Crippen molar-refractivity contribution in [2.75, 3.05) is 18.4 Å². The molecule has 1 fully saturated rings. The van der Waals surface area contributed by atoms with Gasteiger partial charge in [0, 0.05) is 19.3 Å². The molecule has 1 aliphatic rings. The molecule has 8 heteroatoms. The molecule has 0 aliphatic carbocycles. The van der Waals surface area contributed by atoms with Gasteiger partial charge in [-0.2, -0.15) is 0 Å². The molecule has 0 saturated carbocycles. The van der Waals surface area contributed by atoms with Crippen molar-refractivity contribution in [2.24, 2.45) is 0 Å². The Morgan fingerprint density at radius 1 is 1.19 bits per heavy atom. The van der Waals surface area contributed by atoms with Crippen LogP contribution >= 0.6 is 24.0 Å². The number of anilines is 1. The molecule has 162 valence electrons. The van der Waals surface area contributed by atoms with Crippen molar-refractivity contribution in [3.8, 4) is 0 Å². The van der Waals surface area contributed by atoms with Crippen molar-refractivity contribution in [1.82, 2.24) is 14.3 Å². The van der Waals surface area contributed by atoms with Crippen LogP contribution in [0.25, 0.3) is 11.7 Å². The zero-order chi connectivity index (χ0) is 22.7. The van der Waals surface area contributed by atoms with Gasteiger partial charge in [0.2, 0.25) is 0 Å². The van der Waals surface area contributed by atoms with Crippen LogP contribution in [0.4, 0.5) is 5.82 Å². The van der Waals surface area contributed by atoms with Crippen LogP contribution in [-0.2, 0) is 11.2 Å². The zero-order valence-corrected chi connectivity index (χ0v) is 19.2. The van der Waals surface area contributed by atoms with Crippen molar-refractivity contribution in [2.45, 2.75) is 13.3 Å². The van der Waals surface area contributed by atoms with Gasteiger partial charge in [0.25, 0.3) is 11.5 Å². The number of nitrogens with zero attached hydrogens (tertiary/aromatic N) is 3. The number of hydrogen-bond donors (Lipinski definition) is 1. The highest BCUT2D eigenvalue weighted by Crippen LogP contribution is 2.33. The predicted octanol–water partition coefficient (Wildman–Crippen LogP) is 4.04. The number of hydrogen-bond acceptors (Lipinski definition) is 6. The molecular weight excluding hydrogens is 440 g/mol. The Balaban J connectivity index is 1.69. The Kier molecular flexibility index (Phi) is 6.53. The molecular formula is C24H22N4O2S2. The van der Waals surface area contributed by atoms with E-state index in [2.05, 4.69) is 16.9 Å². The van der Waals surface area contributed by atoms with Crippen molar-refractivity contribution < 1.29 is 4.79 Å². The highest BCUT2D eigenvalue weighted by Gasteiger charge is 2.32. The maximum absolute atomic E-state index is 13.3. The number of thiocarbonyl (C=S) groups is 1. The Labute approximate surface area is 195 Å². The summed E-state index contributed by atoms with van der Waals surface area (Å²) >= 11 is 6.66. The third-order valence-corrected chi connectivity index (χ3v) is 6.49. The second-order valence-electron chi connectivity index (χ2n) is 7.30. The summed E-state index contributed by atoms with van der Waals surface area (Å²) in [5.74, 6) is 0.220. The van der Waals surface area contributed by atoms with Gasteiger partial charge in [0.15, 0.2) is 0 Å². The molecule has 1 N–H and O–H groups in total. The summed E-state index contributed by atoms with van der Waals surface area (Å²) in [6.07, 6.45) is 5.66. The molecule has 0 atom stereocenters. The lowest BCUT2D eigenvalue weighted by Gasteiger charge is -2.14. The molecule has 3 heterocycles. The molecule has 1 saturated heterocycles. The van der Waals surface area contributed by atoms with Crippen LogP contribution in [0.15, 0.2) is 71.0 Å². The molecule has 4 rings (SSSR count). The van der Waals surface area contributed by atoms with E-state index in [0.717, 1.165) is 11.1 Å². The van der Waals surface area contributed by atoms with Gasteiger partial charge in [0.1, 0.15) is 15.8 Å². The van der Waals surface area contributed by atoms with E-state index in [9.17, 15) is 9.59 Å². The number of carbonyl (C=O) groups excluding carboxylic acids is 1. The molecule has 3 aromatic rings. The van der Waals surface area contributed by atoms with Crippen molar-refractivity contribution in [1.29, 1.82) is 0 Å². The van der Waals surface area contributed by atoms with Gasteiger partial charge in [0.05, 0.1) is 10.5 Å². The summed E-state index contributed by atoms with van der Waals surface area (Å²) in [4.78, 5) is 33.0. The van der Waals surface area contributed by atoms with Gasteiger partial charge in [-0.25, -0.2) is 4.98 Å². The van der Waals surface area contributed by atoms with E-state index in [1.165, 1.54) is 16.2 Å². The van der Waals surface area contributed by atoms with Crippen LogP contribution in [0, 0.1) is 6.92 Å². The summed E-state index contributed by atoms with van der Waals surface area (Å²) in [5, 5.41) is 3.13. The van der Waals surface area contributed by atoms with Crippen molar-refractivity contribution in [3.05, 3.63) is 93.3 Å². The number of aromatic nitrogens is 2. The third kappa shape index (κ3) is 4.37. The Morgan fingerprint density at radius 3 is 2.72 bits per heavy atom. The molecule has 1 aliphatic heterocycles. The first-order chi connectivity index (χ1) is 15.5. The molecule has 0 radical (unpaired) electrons.